The highest BCUT2D eigenvalue weighted by atomic mass is 16.5. The van der Waals surface area contributed by atoms with Crippen LogP contribution in [-0.2, 0) is 5.41 Å². The molecule has 0 spiro atoms. The molecule has 106 valence electrons. The maximum atomic E-state index is 5.69. The second-order valence-corrected chi connectivity index (χ2v) is 5.70. The van der Waals surface area contributed by atoms with Gasteiger partial charge in [-0.2, -0.15) is 0 Å². The number of methoxy groups -OCH3 is 2. The van der Waals surface area contributed by atoms with Gasteiger partial charge in [0.05, 0.1) is 14.2 Å². The largest absolute Gasteiger partial charge is 0.496 e. The van der Waals surface area contributed by atoms with Gasteiger partial charge in [-0.3, -0.25) is 0 Å². The molecular formula is C16H25NO2. The van der Waals surface area contributed by atoms with E-state index in [1.165, 1.54) is 17.5 Å². The van der Waals surface area contributed by atoms with Crippen LogP contribution in [0.15, 0.2) is 6.07 Å². The summed E-state index contributed by atoms with van der Waals surface area (Å²) in [6, 6.07) is 2.17. The average molecular weight is 263 g/mol. The van der Waals surface area contributed by atoms with E-state index < -0.39 is 0 Å². The first-order chi connectivity index (χ1) is 9.01. The molecule has 1 aromatic rings. The molecule has 1 saturated carbocycles. The van der Waals surface area contributed by atoms with Crippen molar-refractivity contribution in [1.29, 1.82) is 0 Å². The Morgan fingerprint density at radius 1 is 1.26 bits per heavy atom. The smallest absolute Gasteiger partial charge is 0.126 e. The van der Waals surface area contributed by atoms with Gasteiger partial charge in [0.15, 0.2) is 0 Å². The molecule has 3 heteroatoms. The molecule has 1 N–H and O–H groups in total. The van der Waals surface area contributed by atoms with E-state index in [0.717, 1.165) is 23.6 Å². The molecule has 0 bridgehead atoms. The molecule has 19 heavy (non-hydrogen) atoms. The Bertz CT molecular complexity index is 484. The van der Waals surface area contributed by atoms with E-state index in [4.69, 9.17) is 9.47 Å². The molecule has 1 aliphatic rings. The molecule has 1 aliphatic carbocycles. The third-order valence-corrected chi connectivity index (χ3v) is 4.70. The zero-order valence-electron chi connectivity index (χ0n) is 12.9. The van der Waals surface area contributed by atoms with Crippen LogP contribution in [0, 0.1) is 19.8 Å². The van der Waals surface area contributed by atoms with Gasteiger partial charge in [0.1, 0.15) is 11.5 Å². The Balaban J connectivity index is 2.59. The standard InChI is InChI=1S/C16H25NO2/c1-10-8-16(10,9-17-4)13-7-14(18-5)11(2)12(3)15(13)19-6/h7,10,17H,8-9H2,1-6H3. The van der Waals surface area contributed by atoms with Crippen LogP contribution >= 0.6 is 0 Å². The molecular weight excluding hydrogens is 238 g/mol. The lowest BCUT2D eigenvalue weighted by Gasteiger charge is -2.24. The molecule has 2 rings (SSSR count). The summed E-state index contributed by atoms with van der Waals surface area (Å²) in [5, 5.41) is 3.33. The number of benzene rings is 1. The summed E-state index contributed by atoms with van der Waals surface area (Å²) in [5.41, 5.74) is 3.84. The summed E-state index contributed by atoms with van der Waals surface area (Å²) < 4.78 is 11.2. The highest BCUT2D eigenvalue weighted by molar-refractivity contribution is 5.57. The van der Waals surface area contributed by atoms with Crippen LogP contribution in [0.2, 0.25) is 0 Å². The fraction of sp³-hybridized carbons (Fsp3) is 0.625. The van der Waals surface area contributed by atoms with Gasteiger partial charge >= 0.3 is 0 Å². The predicted octanol–water partition coefficient (Wildman–Crippen LogP) is 2.82. The Kier molecular flexibility index (Phi) is 3.77. The third-order valence-electron chi connectivity index (χ3n) is 4.70. The van der Waals surface area contributed by atoms with Crippen LogP contribution in [0.1, 0.15) is 30.0 Å². The Labute approximate surface area is 116 Å². The second-order valence-electron chi connectivity index (χ2n) is 5.70. The van der Waals surface area contributed by atoms with Gasteiger partial charge in [0.2, 0.25) is 0 Å². The number of rotatable bonds is 5. The minimum absolute atomic E-state index is 0.200. The molecule has 0 aromatic heterocycles. The zero-order valence-corrected chi connectivity index (χ0v) is 12.9. The Morgan fingerprint density at radius 2 is 1.89 bits per heavy atom. The van der Waals surface area contributed by atoms with Crippen molar-refractivity contribution in [2.24, 2.45) is 5.92 Å². The first-order valence-corrected chi connectivity index (χ1v) is 6.89. The summed E-state index contributed by atoms with van der Waals surface area (Å²) in [6.45, 7) is 7.48. The quantitative estimate of drug-likeness (QED) is 0.886. The molecule has 0 heterocycles. The minimum Gasteiger partial charge on any atom is -0.496 e. The average Bonchev–Trinajstić information content (AvgIpc) is 3.04. The van der Waals surface area contributed by atoms with E-state index >= 15 is 0 Å². The molecule has 2 unspecified atom stereocenters. The highest BCUT2D eigenvalue weighted by Gasteiger charge is 2.53. The van der Waals surface area contributed by atoms with Crippen molar-refractivity contribution in [1.82, 2.24) is 5.32 Å². The van der Waals surface area contributed by atoms with Crippen LogP contribution in [0.4, 0.5) is 0 Å². The predicted molar refractivity (Wildman–Crippen MR) is 78.4 cm³/mol. The number of ether oxygens (including phenoxy) is 2. The van der Waals surface area contributed by atoms with Gasteiger partial charge in [0, 0.05) is 17.5 Å². The van der Waals surface area contributed by atoms with E-state index in [0.29, 0.717) is 5.92 Å². The minimum atomic E-state index is 0.200. The second kappa shape index (κ2) is 5.04. The van der Waals surface area contributed by atoms with Crippen molar-refractivity contribution in [2.75, 3.05) is 27.8 Å². The summed E-state index contributed by atoms with van der Waals surface area (Å²) >= 11 is 0. The highest BCUT2D eigenvalue weighted by Crippen LogP contribution is 2.57. The van der Waals surface area contributed by atoms with Gasteiger partial charge in [-0.15, -0.1) is 0 Å². The van der Waals surface area contributed by atoms with Crippen molar-refractivity contribution in [3.05, 3.63) is 22.8 Å². The van der Waals surface area contributed by atoms with E-state index in [2.05, 4.69) is 32.2 Å². The lowest BCUT2D eigenvalue weighted by Crippen LogP contribution is -2.26. The van der Waals surface area contributed by atoms with Gasteiger partial charge < -0.3 is 14.8 Å². The monoisotopic (exact) mass is 263 g/mol. The molecule has 3 nitrogen and oxygen atoms in total. The Morgan fingerprint density at radius 3 is 2.32 bits per heavy atom. The maximum Gasteiger partial charge on any atom is 0.126 e. The fourth-order valence-corrected chi connectivity index (χ4v) is 3.23. The van der Waals surface area contributed by atoms with Gasteiger partial charge in [0.25, 0.3) is 0 Å². The molecule has 1 fully saturated rings. The lowest BCUT2D eigenvalue weighted by molar-refractivity contribution is 0.385. The van der Waals surface area contributed by atoms with Crippen LogP contribution in [-0.4, -0.2) is 27.8 Å². The first-order valence-electron chi connectivity index (χ1n) is 6.89. The molecule has 0 amide bonds. The molecule has 0 aliphatic heterocycles. The Hall–Kier alpha value is -1.22. The number of hydrogen-bond acceptors (Lipinski definition) is 3. The van der Waals surface area contributed by atoms with Gasteiger partial charge in [-0.1, -0.05) is 6.92 Å². The third kappa shape index (κ3) is 2.10. The SMILES string of the molecule is CNCC1(c2cc(OC)c(C)c(C)c2OC)CC1C. The zero-order chi connectivity index (χ0) is 14.2. The lowest BCUT2D eigenvalue weighted by atomic mass is 9.89. The number of hydrogen-bond donors (Lipinski definition) is 1. The molecule has 1 aromatic carbocycles. The van der Waals surface area contributed by atoms with E-state index in [1.54, 1.807) is 14.2 Å². The molecule has 0 saturated heterocycles. The first kappa shape index (κ1) is 14.2. The topological polar surface area (TPSA) is 30.5 Å². The summed E-state index contributed by atoms with van der Waals surface area (Å²) in [7, 11) is 5.51. The van der Waals surface area contributed by atoms with Crippen LogP contribution in [0.3, 0.4) is 0 Å². The van der Waals surface area contributed by atoms with E-state index in [1.807, 2.05) is 7.05 Å². The summed E-state index contributed by atoms with van der Waals surface area (Å²) in [5.74, 6) is 2.67. The van der Waals surface area contributed by atoms with Crippen LogP contribution in [0.5, 0.6) is 11.5 Å². The van der Waals surface area contributed by atoms with Crippen molar-refractivity contribution in [2.45, 2.75) is 32.6 Å². The number of nitrogens with one attached hydrogen (secondary N) is 1. The van der Waals surface area contributed by atoms with Crippen molar-refractivity contribution in [3.63, 3.8) is 0 Å². The van der Waals surface area contributed by atoms with Crippen LogP contribution in [0.25, 0.3) is 0 Å². The van der Waals surface area contributed by atoms with Gasteiger partial charge in [-0.05, 0) is 50.4 Å². The fourth-order valence-electron chi connectivity index (χ4n) is 3.23. The molecule has 2 atom stereocenters. The van der Waals surface area contributed by atoms with Crippen molar-refractivity contribution in [3.8, 4) is 11.5 Å². The van der Waals surface area contributed by atoms with Crippen molar-refractivity contribution >= 4 is 0 Å². The van der Waals surface area contributed by atoms with Gasteiger partial charge in [-0.25, -0.2) is 0 Å². The van der Waals surface area contributed by atoms with Crippen molar-refractivity contribution < 1.29 is 9.47 Å². The summed E-state index contributed by atoms with van der Waals surface area (Å²) in [6.07, 6.45) is 1.20. The van der Waals surface area contributed by atoms with E-state index in [-0.39, 0.29) is 5.41 Å². The van der Waals surface area contributed by atoms with E-state index in [9.17, 15) is 0 Å². The molecule has 0 radical (unpaired) electrons. The number of likely N-dealkylation sites (N-methyl/N-ethyl adjacent to an activating group) is 1. The summed E-state index contributed by atoms with van der Waals surface area (Å²) in [4.78, 5) is 0. The van der Waals surface area contributed by atoms with Crippen LogP contribution < -0.4 is 14.8 Å². The maximum absolute atomic E-state index is 5.69. The normalized spacial score (nSPS) is 25.3.